The Balaban J connectivity index is 2.19. The van der Waals surface area contributed by atoms with Crippen LogP contribution in [-0.2, 0) is 0 Å². The van der Waals surface area contributed by atoms with E-state index in [1.54, 1.807) is 24.3 Å². The van der Waals surface area contributed by atoms with Crippen molar-refractivity contribution in [2.45, 2.75) is 45.3 Å². The molecule has 2 N–H and O–H groups in total. The van der Waals surface area contributed by atoms with E-state index in [2.05, 4.69) is 6.92 Å². The van der Waals surface area contributed by atoms with Gasteiger partial charge in [0.15, 0.2) is 6.29 Å². The zero-order valence-corrected chi connectivity index (χ0v) is 10.4. The van der Waals surface area contributed by atoms with E-state index in [9.17, 15) is 0 Å². The monoisotopic (exact) mass is 238 g/mol. The van der Waals surface area contributed by atoms with Gasteiger partial charge >= 0.3 is 0 Å². The van der Waals surface area contributed by atoms with Crippen molar-refractivity contribution in [3.8, 4) is 5.75 Å². The van der Waals surface area contributed by atoms with Crippen LogP contribution in [0.2, 0.25) is 0 Å². The van der Waals surface area contributed by atoms with Crippen molar-refractivity contribution in [3.05, 3.63) is 29.8 Å². The average Bonchev–Trinajstić information content (AvgIpc) is 2.34. The molecule has 0 atom stereocenters. The first-order valence-electron chi connectivity index (χ1n) is 6.33. The zero-order valence-electron chi connectivity index (χ0n) is 10.4. The number of hydrogen-bond donors (Lipinski definition) is 2. The Morgan fingerprint density at radius 3 is 2.24 bits per heavy atom. The molecule has 3 nitrogen and oxygen atoms in total. The van der Waals surface area contributed by atoms with Gasteiger partial charge in [0, 0.05) is 5.56 Å². The molecule has 0 bridgehead atoms. The van der Waals surface area contributed by atoms with Gasteiger partial charge in [0.2, 0.25) is 0 Å². The number of hydrogen-bond acceptors (Lipinski definition) is 3. The van der Waals surface area contributed by atoms with Gasteiger partial charge in [0.1, 0.15) is 5.75 Å². The topological polar surface area (TPSA) is 49.7 Å². The van der Waals surface area contributed by atoms with Crippen molar-refractivity contribution in [2.24, 2.45) is 0 Å². The van der Waals surface area contributed by atoms with Crippen LogP contribution >= 0.6 is 0 Å². The largest absolute Gasteiger partial charge is 0.494 e. The maximum absolute atomic E-state index is 8.93. The van der Waals surface area contributed by atoms with Crippen LogP contribution in [0.1, 0.15) is 50.9 Å². The van der Waals surface area contributed by atoms with Gasteiger partial charge in [0.25, 0.3) is 0 Å². The van der Waals surface area contributed by atoms with Crippen LogP contribution in [0, 0.1) is 0 Å². The summed E-state index contributed by atoms with van der Waals surface area (Å²) >= 11 is 0. The summed E-state index contributed by atoms with van der Waals surface area (Å²) < 4.78 is 5.56. The number of aliphatic hydroxyl groups excluding tert-OH is 1. The molecule has 0 fully saturated rings. The van der Waals surface area contributed by atoms with Crippen LogP contribution < -0.4 is 4.74 Å². The predicted molar refractivity (Wildman–Crippen MR) is 67.9 cm³/mol. The molecule has 1 rings (SSSR count). The van der Waals surface area contributed by atoms with Crippen LogP contribution in [-0.4, -0.2) is 16.8 Å². The molecule has 3 heteroatoms. The molecule has 0 saturated heterocycles. The van der Waals surface area contributed by atoms with Gasteiger partial charge in [-0.05, 0) is 18.6 Å². The Hall–Kier alpha value is -1.06. The van der Waals surface area contributed by atoms with E-state index in [0.717, 1.165) is 18.8 Å². The van der Waals surface area contributed by atoms with Gasteiger partial charge in [0.05, 0.1) is 6.61 Å². The standard InChI is InChI=1S/C14H22O3/c1-2-3-4-5-6-11-17-13-9-7-12(8-10-13)14(15)16/h7-10,14-16H,2-6,11H2,1H3. The number of benzene rings is 1. The van der Waals surface area contributed by atoms with Crippen LogP contribution in [0.15, 0.2) is 24.3 Å². The zero-order chi connectivity index (χ0) is 12.5. The van der Waals surface area contributed by atoms with Gasteiger partial charge in [-0.2, -0.15) is 0 Å². The van der Waals surface area contributed by atoms with E-state index in [1.165, 1.54) is 25.7 Å². The van der Waals surface area contributed by atoms with Crippen molar-refractivity contribution in [2.75, 3.05) is 6.61 Å². The van der Waals surface area contributed by atoms with Gasteiger partial charge in [-0.25, -0.2) is 0 Å². The normalized spacial score (nSPS) is 10.8. The molecular weight excluding hydrogens is 216 g/mol. The molecule has 0 unspecified atom stereocenters. The minimum atomic E-state index is -1.40. The summed E-state index contributed by atoms with van der Waals surface area (Å²) in [5.74, 6) is 0.782. The summed E-state index contributed by atoms with van der Waals surface area (Å²) in [6, 6.07) is 6.86. The summed E-state index contributed by atoms with van der Waals surface area (Å²) in [4.78, 5) is 0. The summed E-state index contributed by atoms with van der Waals surface area (Å²) in [6.07, 6.45) is 4.70. The van der Waals surface area contributed by atoms with Crippen molar-refractivity contribution in [1.29, 1.82) is 0 Å². The van der Waals surface area contributed by atoms with Gasteiger partial charge < -0.3 is 14.9 Å². The number of unbranched alkanes of at least 4 members (excludes halogenated alkanes) is 4. The Morgan fingerprint density at radius 1 is 1.00 bits per heavy atom. The molecule has 0 heterocycles. The Labute approximate surface area is 103 Å². The first kappa shape index (κ1) is 14.0. The smallest absolute Gasteiger partial charge is 0.178 e. The van der Waals surface area contributed by atoms with Gasteiger partial charge in [-0.3, -0.25) is 0 Å². The highest BCUT2D eigenvalue weighted by Gasteiger charge is 2.01. The Morgan fingerprint density at radius 2 is 1.65 bits per heavy atom. The lowest BCUT2D eigenvalue weighted by atomic mass is 10.2. The second-order valence-electron chi connectivity index (χ2n) is 4.21. The summed E-state index contributed by atoms with van der Waals surface area (Å²) in [5.41, 5.74) is 0.486. The van der Waals surface area contributed by atoms with E-state index in [1.807, 2.05) is 0 Å². The molecule has 0 amide bonds. The molecule has 0 aliphatic carbocycles. The molecule has 0 aromatic heterocycles. The fourth-order valence-corrected chi connectivity index (χ4v) is 1.63. The SMILES string of the molecule is CCCCCCCOc1ccc(C(O)O)cc1. The van der Waals surface area contributed by atoms with Gasteiger partial charge in [-0.1, -0.05) is 44.7 Å². The highest BCUT2D eigenvalue weighted by molar-refractivity contribution is 5.27. The molecule has 96 valence electrons. The Bertz CT molecular complexity index is 293. The minimum Gasteiger partial charge on any atom is -0.494 e. The molecule has 1 aromatic rings. The predicted octanol–water partition coefficient (Wildman–Crippen LogP) is 3.02. The highest BCUT2D eigenvalue weighted by Crippen LogP contribution is 2.16. The van der Waals surface area contributed by atoms with E-state index in [4.69, 9.17) is 14.9 Å². The molecule has 1 aromatic carbocycles. The lowest BCUT2D eigenvalue weighted by Crippen LogP contribution is -1.98. The van der Waals surface area contributed by atoms with Crippen LogP contribution in [0.5, 0.6) is 5.75 Å². The van der Waals surface area contributed by atoms with E-state index < -0.39 is 6.29 Å². The summed E-state index contributed by atoms with van der Waals surface area (Å²) in [6.45, 7) is 2.93. The molecule has 0 aliphatic heterocycles. The number of ether oxygens (including phenoxy) is 1. The quantitative estimate of drug-likeness (QED) is 0.540. The third-order valence-electron chi connectivity index (χ3n) is 2.69. The third kappa shape index (κ3) is 5.71. The van der Waals surface area contributed by atoms with Crippen molar-refractivity contribution < 1.29 is 14.9 Å². The Kier molecular flexibility index (Phi) is 6.67. The maximum Gasteiger partial charge on any atom is 0.178 e. The first-order chi connectivity index (χ1) is 8.24. The maximum atomic E-state index is 8.93. The fraction of sp³-hybridized carbons (Fsp3) is 0.571. The van der Waals surface area contributed by atoms with E-state index in [0.29, 0.717) is 5.56 Å². The molecule has 0 radical (unpaired) electrons. The molecule has 17 heavy (non-hydrogen) atoms. The second kappa shape index (κ2) is 8.09. The van der Waals surface area contributed by atoms with Crippen LogP contribution in [0.4, 0.5) is 0 Å². The first-order valence-corrected chi connectivity index (χ1v) is 6.33. The molecule has 0 saturated carbocycles. The summed E-state index contributed by atoms with van der Waals surface area (Å²) in [7, 11) is 0. The minimum absolute atomic E-state index is 0.486. The van der Waals surface area contributed by atoms with Crippen LogP contribution in [0.3, 0.4) is 0 Å². The lowest BCUT2D eigenvalue weighted by Gasteiger charge is -2.08. The van der Waals surface area contributed by atoms with E-state index >= 15 is 0 Å². The van der Waals surface area contributed by atoms with Crippen molar-refractivity contribution >= 4 is 0 Å². The molecular formula is C14H22O3. The number of aliphatic hydroxyl groups is 2. The second-order valence-corrected chi connectivity index (χ2v) is 4.21. The number of rotatable bonds is 8. The molecule has 0 spiro atoms. The van der Waals surface area contributed by atoms with Crippen LogP contribution in [0.25, 0.3) is 0 Å². The van der Waals surface area contributed by atoms with E-state index in [-0.39, 0.29) is 0 Å². The third-order valence-corrected chi connectivity index (χ3v) is 2.69. The highest BCUT2D eigenvalue weighted by atomic mass is 16.5. The molecule has 0 aliphatic rings. The van der Waals surface area contributed by atoms with Crippen molar-refractivity contribution in [3.63, 3.8) is 0 Å². The lowest BCUT2D eigenvalue weighted by molar-refractivity contribution is -0.0425. The summed E-state index contributed by atoms with van der Waals surface area (Å²) in [5, 5.41) is 17.9. The average molecular weight is 238 g/mol. The van der Waals surface area contributed by atoms with Gasteiger partial charge in [-0.15, -0.1) is 0 Å². The van der Waals surface area contributed by atoms with Crippen molar-refractivity contribution in [1.82, 2.24) is 0 Å². The fourth-order valence-electron chi connectivity index (χ4n) is 1.63.